The van der Waals surface area contributed by atoms with E-state index in [-0.39, 0.29) is 16.7 Å². The number of nitrogens with zero attached hydrogens (tertiary/aromatic N) is 7. The molecule has 0 unspecified atom stereocenters. The van der Waals surface area contributed by atoms with E-state index < -0.39 is 11.7 Å². The standard InChI is InChI=1S/C83H52F3N7/c1-52-19-14-32-71(83(84,85)86)78(52)70-50-77(93-74-47-59(64-30-17-43-90-81(64)55-24-10-4-11-25-55)35-39-68(74)69-40-36-60(48-75(69)93)65-31-18-44-91-82(65)56-26-12-5-13-27-56)76(49-61(70)51-87)92-72-45-57(62-28-15-41-88-79(62)53-20-6-2-7-21-53)33-37-66(72)67-38-34-58(46-73(67)92)63-29-16-42-89-80(63)54-22-8-3-9-23-54/h2-50H,1H3. The molecule has 0 fully saturated rings. The minimum Gasteiger partial charge on any atom is -0.307 e. The van der Waals surface area contributed by atoms with Crippen LogP contribution in [0.4, 0.5) is 13.2 Å². The van der Waals surface area contributed by atoms with Crippen LogP contribution in [0.5, 0.6) is 0 Å². The first-order valence-corrected chi connectivity index (χ1v) is 30.6. The summed E-state index contributed by atoms with van der Waals surface area (Å²) in [5.41, 5.74) is 17.8. The molecule has 10 heteroatoms. The zero-order valence-corrected chi connectivity index (χ0v) is 50.1. The van der Waals surface area contributed by atoms with Crippen LogP contribution in [0.1, 0.15) is 16.7 Å². The van der Waals surface area contributed by atoms with Gasteiger partial charge in [0.15, 0.2) is 0 Å². The second-order valence-electron chi connectivity index (χ2n) is 23.2. The first kappa shape index (κ1) is 56.0. The van der Waals surface area contributed by atoms with E-state index in [2.05, 4.69) is 137 Å². The van der Waals surface area contributed by atoms with Gasteiger partial charge in [0, 0.05) is 96.4 Å². The lowest BCUT2D eigenvalue weighted by Crippen LogP contribution is -2.10. The Bertz CT molecular complexity index is 5350. The number of pyridine rings is 4. The van der Waals surface area contributed by atoms with Gasteiger partial charge in [0.2, 0.25) is 0 Å². The van der Waals surface area contributed by atoms with Crippen LogP contribution in [0, 0.1) is 18.3 Å². The van der Waals surface area contributed by atoms with E-state index in [9.17, 15) is 5.26 Å². The van der Waals surface area contributed by atoms with Crippen LogP contribution in [-0.2, 0) is 6.18 Å². The van der Waals surface area contributed by atoms with Crippen LogP contribution < -0.4 is 0 Å². The van der Waals surface area contributed by atoms with Crippen molar-refractivity contribution in [3.63, 3.8) is 0 Å². The Labute approximate surface area is 533 Å². The highest BCUT2D eigenvalue weighted by Gasteiger charge is 2.36. The number of benzene rings is 10. The van der Waals surface area contributed by atoms with Gasteiger partial charge in [-0.2, -0.15) is 18.4 Å². The number of alkyl halides is 3. The Kier molecular flexibility index (Phi) is 13.8. The van der Waals surface area contributed by atoms with Crippen molar-refractivity contribution in [2.75, 3.05) is 0 Å². The van der Waals surface area contributed by atoms with E-state index in [0.29, 0.717) is 16.9 Å². The zero-order chi connectivity index (χ0) is 62.7. The van der Waals surface area contributed by atoms with Crippen molar-refractivity contribution in [2.24, 2.45) is 0 Å². The molecule has 0 saturated heterocycles. The van der Waals surface area contributed by atoms with Gasteiger partial charge in [-0.1, -0.05) is 206 Å². The average molecular weight is 1200 g/mol. The number of aryl methyl sites for hydroxylation is 1. The van der Waals surface area contributed by atoms with Crippen LogP contribution >= 0.6 is 0 Å². The molecule has 6 aromatic heterocycles. The normalized spacial score (nSPS) is 11.6. The third kappa shape index (κ3) is 9.78. The monoisotopic (exact) mass is 1200 g/mol. The van der Waals surface area contributed by atoms with E-state index in [1.807, 2.05) is 127 Å². The first-order chi connectivity index (χ1) is 45.7. The second-order valence-corrected chi connectivity index (χ2v) is 23.2. The number of halogens is 3. The maximum atomic E-state index is 15.8. The molecular formula is C83H52F3N7. The van der Waals surface area contributed by atoms with E-state index in [1.54, 1.807) is 43.8 Å². The van der Waals surface area contributed by atoms with Gasteiger partial charge in [-0.25, -0.2) is 0 Å². The molecule has 10 aromatic carbocycles. The van der Waals surface area contributed by atoms with Crippen LogP contribution in [-0.4, -0.2) is 29.1 Å². The summed E-state index contributed by atoms with van der Waals surface area (Å²) < 4.78 is 51.9. The molecule has 0 amide bonds. The van der Waals surface area contributed by atoms with Crippen LogP contribution in [0.3, 0.4) is 0 Å². The SMILES string of the molecule is Cc1cccc(C(F)(F)F)c1-c1cc(-n2c3cc(-c4cccnc4-c4ccccc4)ccc3c3ccc(-c4cccnc4-c4ccccc4)cc32)c(-n2c3cc(-c4cccnc4-c4ccccc4)ccc3c3ccc(-c4cccnc4-c4ccccc4)cc32)cc1C#N. The Morgan fingerprint density at radius 2 is 0.645 bits per heavy atom. The third-order valence-electron chi connectivity index (χ3n) is 17.8. The minimum absolute atomic E-state index is 0.0565. The lowest BCUT2D eigenvalue weighted by atomic mass is 9.90. The largest absolute Gasteiger partial charge is 0.417 e. The molecular weight excluding hydrogens is 1150 g/mol. The van der Waals surface area contributed by atoms with Gasteiger partial charge < -0.3 is 9.13 Å². The van der Waals surface area contributed by atoms with E-state index in [1.165, 1.54) is 6.07 Å². The van der Waals surface area contributed by atoms with Gasteiger partial charge in [0.25, 0.3) is 0 Å². The summed E-state index contributed by atoms with van der Waals surface area (Å²) in [5, 5.41) is 15.3. The van der Waals surface area contributed by atoms with Gasteiger partial charge in [0.1, 0.15) is 0 Å². The molecule has 16 rings (SSSR count). The highest BCUT2D eigenvalue weighted by atomic mass is 19.4. The average Bonchev–Trinajstić information content (AvgIpc) is 1.59. The molecule has 93 heavy (non-hydrogen) atoms. The fourth-order valence-corrected chi connectivity index (χ4v) is 13.6. The zero-order valence-electron chi connectivity index (χ0n) is 50.1. The van der Waals surface area contributed by atoms with Gasteiger partial charge >= 0.3 is 6.18 Å². The van der Waals surface area contributed by atoms with E-state index >= 15 is 13.2 Å². The molecule has 0 aliphatic carbocycles. The van der Waals surface area contributed by atoms with Crippen molar-refractivity contribution in [1.82, 2.24) is 29.1 Å². The predicted octanol–water partition coefficient (Wildman–Crippen LogP) is 21.7. The number of hydrogen-bond acceptors (Lipinski definition) is 5. The van der Waals surface area contributed by atoms with Crippen LogP contribution in [0.2, 0.25) is 0 Å². The van der Waals surface area contributed by atoms with Crippen molar-refractivity contribution in [3.8, 4) is 118 Å². The summed E-state index contributed by atoms with van der Waals surface area (Å²) in [6.45, 7) is 1.68. The fraction of sp³-hybridized carbons (Fsp3) is 0.0241. The summed E-state index contributed by atoms with van der Waals surface area (Å²) in [6.07, 6.45) is 2.42. The summed E-state index contributed by atoms with van der Waals surface area (Å²) >= 11 is 0. The molecule has 0 N–H and O–H groups in total. The molecule has 440 valence electrons. The van der Waals surface area contributed by atoms with Crippen molar-refractivity contribution in [1.29, 1.82) is 5.26 Å². The third-order valence-corrected chi connectivity index (χ3v) is 17.8. The number of rotatable bonds is 11. The highest BCUT2D eigenvalue weighted by Crippen LogP contribution is 2.48. The van der Waals surface area contributed by atoms with Crippen molar-refractivity contribution >= 4 is 43.6 Å². The smallest absolute Gasteiger partial charge is 0.307 e. The lowest BCUT2D eigenvalue weighted by Gasteiger charge is -2.22. The molecule has 0 aliphatic heterocycles. The van der Waals surface area contributed by atoms with E-state index in [0.717, 1.165) is 139 Å². The molecule has 0 spiro atoms. The predicted molar refractivity (Wildman–Crippen MR) is 370 cm³/mol. The summed E-state index contributed by atoms with van der Waals surface area (Å²) in [5.74, 6) is 0. The Balaban J connectivity index is 1.07. The topological polar surface area (TPSA) is 85.2 Å². The van der Waals surface area contributed by atoms with Gasteiger partial charge in [-0.05, 0) is 107 Å². The van der Waals surface area contributed by atoms with Crippen molar-refractivity contribution in [2.45, 2.75) is 13.1 Å². The number of fused-ring (bicyclic) bond motifs is 6. The molecule has 0 radical (unpaired) electrons. The molecule has 6 heterocycles. The molecule has 0 saturated carbocycles. The summed E-state index contributed by atoms with van der Waals surface area (Å²) in [7, 11) is 0. The van der Waals surface area contributed by atoms with Gasteiger partial charge in [-0.3, -0.25) is 19.9 Å². The lowest BCUT2D eigenvalue weighted by molar-refractivity contribution is -0.137. The van der Waals surface area contributed by atoms with Crippen LogP contribution in [0.15, 0.2) is 298 Å². The summed E-state index contributed by atoms with van der Waals surface area (Å²) in [6, 6.07) is 92.4. The molecule has 7 nitrogen and oxygen atoms in total. The Morgan fingerprint density at radius 3 is 0.957 bits per heavy atom. The number of hydrogen-bond donors (Lipinski definition) is 0. The summed E-state index contributed by atoms with van der Waals surface area (Å²) in [4.78, 5) is 19.9. The van der Waals surface area contributed by atoms with Gasteiger partial charge in [-0.15, -0.1) is 0 Å². The maximum absolute atomic E-state index is 15.8. The maximum Gasteiger partial charge on any atom is 0.417 e. The Morgan fingerprint density at radius 1 is 0.323 bits per heavy atom. The van der Waals surface area contributed by atoms with Crippen LogP contribution in [0.25, 0.3) is 156 Å². The van der Waals surface area contributed by atoms with Crippen molar-refractivity contribution < 1.29 is 13.2 Å². The quantitative estimate of drug-likeness (QED) is 0.129. The molecule has 0 bridgehead atoms. The minimum atomic E-state index is -4.78. The fourth-order valence-electron chi connectivity index (χ4n) is 13.6. The molecule has 0 atom stereocenters. The van der Waals surface area contributed by atoms with Crippen molar-refractivity contribution in [3.05, 3.63) is 314 Å². The number of nitriles is 1. The van der Waals surface area contributed by atoms with Gasteiger partial charge in [0.05, 0.1) is 73.4 Å². The highest BCUT2D eigenvalue weighted by molar-refractivity contribution is 6.14. The number of aromatic nitrogens is 6. The molecule has 0 aliphatic rings. The second kappa shape index (κ2) is 22.9. The molecule has 16 aromatic rings. The Hall–Kier alpha value is -12.3. The first-order valence-electron chi connectivity index (χ1n) is 30.6. The van der Waals surface area contributed by atoms with E-state index in [4.69, 9.17) is 19.9 Å².